The number of carbonyl (C=O) groups excluding carboxylic acids is 1. The van der Waals surface area contributed by atoms with Gasteiger partial charge in [-0.1, -0.05) is 12.2 Å². The molecule has 1 aliphatic carbocycles. The molecule has 1 amide bonds. The third-order valence-electron chi connectivity index (χ3n) is 4.29. The summed E-state index contributed by atoms with van der Waals surface area (Å²) in [5, 5.41) is 18.2. The number of carbonyl (C=O) groups is 1. The highest BCUT2D eigenvalue weighted by Gasteiger charge is 2.38. The molecule has 0 spiro atoms. The van der Waals surface area contributed by atoms with E-state index in [0.717, 1.165) is 18.4 Å². The van der Waals surface area contributed by atoms with Crippen LogP contribution < -0.4 is 10.3 Å². The number of anilines is 1. The lowest BCUT2D eigenvalue weighted by atomic mass is 10.2. The van der Waals surface area contributed by atoms with Crippen LogP contribution in [0, 0.1) is 0 Å². The molecule has 0 radical (unpaired) electrons. The van der Waals surface area contributed by atoms with Crippen molar-refractivity contribution in [2.75, 3.05) is 12.1 Å². The summed E-state index contributed by atoms with van der Waals surface area (Å²) in [4.78, 5) is 20.4. The maximum Gasteiger partial charge on any atom is 0.253 e. The number of methoxy groups -OCH3 is 1. The van der Waals surface area contributed by atoms with E-state index in [4.69, 9.17) is 4.74 Å². The third kappa shape index (κ3) is 6.60. The number of hydrogen-bond donors (Lipinski definition) is 2. The fourth-order valence-electron chi connectivity index (χ4n) is 2.34. The maximum atomic E-state index is 12.2. The van der Waals surface area contributed by atoms with Gasteiger partial charge in [0.2, 0.25) is 11.8 Å². The number of ether oxygens (including phenoxy) is 1. The molecule has 0 aromatic carbocycles. The highest BCUT2D eigenvalue weighted by molar-refractivity contribution is 5.94. The van der Waals surface area contributed by atoms with Gasteiger partial charge in [0.1, 0.15) is 0 Å². The van der Waals surface area contributed by atoms with E-state index in [1.165, 1.54) is 24.5 Å². The van der Waals surface area contributed by atoms with Gasteiger partial charge in [-0.15, -0.1) is 0 Å². The Morgan fingerprint density at radius 2 is 2.21 bits per heavy atom. The van der Waals surface area contributed by atoms with Crippen LogP contribution in [0.3, 0.4) is 0 Å². The number of aromatic nitrogens is 1. The van der Waals surface area contributed by atoms with Crippen molar-refractivity contribution in [1.29, 1.82) is 0 Å². The monoisotopic (exact) mass is 397 g/mol. The molecular formula is C21H27N5O3. The molecule has 1 heterocycles. The molecule has 1 aromatic heterocycles. The van der Waals surface area contributed by atoms with E-state index >= 15 is 0 Å². The van der Waals surface area contributed by atoms with Crippen molar-refractivity contribution in [3.63, 3.8) is 0 Å². The van der Waals surface area contributed by atoms with Gasteiger partial charge in [0.25, 0.3) is 5.91 Å². The normalized spacial score (nSPS) is 15.7. The molecule has 0 bridgehead atoms. The zero-order chi connectivity index (χ0) is 21.4. The van der Waals surface area contributed by atoms with Crippen LogP contribution in [-0.4, -0.2) is 40.8 Å². The van der Waals surface area contributed by atoms with Crippen LogP contribution >= 0.6 is 0 Å². The van der Waals surface area contributed by atoms with E-state index in [1.54, 1.807) is 24.4 Å². The predicted molar refractivity (Wildman–Crippen MR) is 115 cm³/mol. The van der Waals surface area contributed by atoms with Crippen molar-refractivity contribution in [2.45, 2.75) is 38.6 Å². The second-order valence-electron chi connectivity index (χ2n) is 6.99. The minimum atomic E-state index is -0.288. The van der Waals surface area contributed by atoms with E-state index in [-0.39, 0.29) is 17.3 Å². The summed E-state index contributed by atoms with van der Waals surface area (Å²) < 4.78 is 5.11. The number of aliphatic hydroxyl groups is 1. The fourth-order valence-corrected chi connectivity index (χ4v) is 2.34. The van der Waals surface area contributed by atoms with Gasteiger partial charge >= 0.3 is 0 Å². The molecule has 1 aliphatic rings. The maximum absolute atomic E-state index is 12.2. The molecule has 8 heteroatoms. The number of aliphatic hydroxyl groups excluding tert-OH is 1. The van der Waals surface area contributed by atoms with Gasteiger partial charge in [0.05, 0.1) is 12.7 Å². The van der Waals surface area contributed by atoms with Crippen molar-refractivity contribution in [1.82, 2.24) is 10.3 Å². The van der Waals surface area contributed by atoms with Crippen LogP contribution in [0.1, 0.15) is 43.5 Å². The molecule has 0 aliphatic heterocycles. The first kappa shape index (κ1) is 21.9. The van der Waals surface area contributed by atoms with Gasteiger partial charge in [-0.3, -0.25) is 4.79 Å². The summed E-state index contributed by atoms with van der Waals surface area (Å²) in [6.07, 6.45) is 8.66. The average Bonchev–Trinajstić information content (AvgIpc) is 3.41. The minimum Gasteiger partial charge on any atom is -0.494 e. The number of hydrogen-bond acceptors (Lipinski definition) is 7. The number of allylic oxidation sites excluding steroid dienone is 1. The second-order valence-corrected chi connectivity index (χ2v) is 6.99. The highest BCUT2D eigenvalue weighted by atomic mass is 16.5. The van der Waals surface area contributed by atoms with Gasteiger partial charge in [-0.25, -0.2) is 9.98 Å². The molecule has 29 heavy (non-hydrogen) atoms. The summed E-state index contributed by atoms with van der Waals surface area (Å²) in [5.41, 5.74) is 1.28. The van der Waals surface area contributed by atoms with Crippen molar-refractivity contribution >= 4 is 23.8 Å². The number of amides is 1. The Morgan fingerprint density at radius 1 is 1.48 bits per heavy atom. The summed E-state index contributed by atoms with van der Waals surface area (Å²) in [6.45, 7) is 11.0. The lowest BCUT2D eigenvalue weighted by molar-refractivity contribution is 0.0935. The summed E-state index contributed by atoms with van der Waals surface area (Å²) in [5.74, 6) is 0.321. The lowest BCUT2D eigenvalue weighted by Crippen LogP contribution is -2.34. The SMILES string of the molecule is C=C/N=C(\C=C(/C)C/C=N\N(C(=C)O)c1ccc(C(=O)NC2(C)CC2)cn1)OC. The quantitative estimate of drug-likeness (QED) is 0.286. The van der Waals surface area contributed by atoms with E-state index in [1.807, 2.05) is 13.8 Å². The van der Waals surface area contributed by atoms with Crippen molar-refractivity contribution in [2.24, 2.45) is 10.1 Å². The zero-order valence-electron chi connectivity index (χ0n) is 17.1. The number of nitrogens with one attached hydrogen (secondary N) is 1. The van der Waals surface area contributed by atoms with Crippen LogP contribution in [0.5, 0.6) is 0 Å². The van der Waals surface area contributed by atoms with Gasteiger partial charge in [0.15, 0.2) is 5.82 Å². The standard InChI is InChI=1S/C21H27N5O3/c1-6-22-19(29-5)13-15(2)9-12-24-26(16(3)27)18-8-7-17(14-23-18)20(28)25-21(4)10-11-21/h6-8,12-14,27H,1,3,9-11H2,2,4-5H3,(H,25,28)/b15-13+,22-19+,24-12-. The number of rotatable bonds is 9. The molecule has 154 valence electrons. The second kappa shape index (κ2) is 9.68. The molecule has 0 saturated heterocycles. The molecule has 1 saturated carbocycles. The molecule has 1 fully saturated rings. The molecule has 2 rings (SSSR count). The van der Waals surface area contributed by atoms with Crippen LogP contribution in [0.2, 0.25) is 0 Å². The lowest BCUT2D eigenvalue weighted by Gasteiger charge is -2.16. The van der Waals surface area contributed by atoms with Gasteiger partial charge in [-0.05, 0) is 51.5 Å². The first-order valence-electron chi connectivity index (χ1n) is 9.17. The number of pyridine rings is 1. The molecule has 0 atom stereocenters. The third-order valence-corrected chi connectivity index (χ3v) is 4.29. The Labute approximate surface area is 171 Å². The first-order chi connectivity index (χ1) is 13.8. The Balaban J connectivity index is 2.05. The van der Waals surface area contributed by atoms with Gasteiger partial charge in [0, 0.05) is 30.6 Å². The summed E-state index contributed by atoms with van der Waals surface area (Å²) >= 11 is 0. The molecular weight excluding hydrogens is 370 g/mol. The van der Waals surface area contributed by atoms with E-state index in [9.17, 15) is 9.90 Å². The van der Waals surface area contributed by atoms with Crippen LogP contribution in [0.4, 0.5) is 5.82 Å². The average molecular weight is 397 g/mol. The van der Waals surface area contributed by atoms with Gasteiger partial charge < -0.3 is 15.2 Å². The van der Waals surface area contributed by atoms with E-state index < -0.39 is 0 Å². The van der Waals surface area contributed by atoms with Crippen LogP contribution in [-0.2, 0) is 4.74 Å². The highest BCUT2D eigenvalue weighted by Crippen LogP contribution is 2.34. The van der Waals surface area contributed by atoms with Crippen LogP contribution in [0.25, 0.3) is 0 Å². The van der Waals surface area contributed by atoms with Crippen molar-refractivity contribution in [3.05, 3.63) is 60.8 Å². The Bertz CT molecular complexity index is 852. The Kier molecular flexibility index (Phi) is 7.30. The Morgan fingerprint density at radius 3 is 2.72 bits per heavy atom. The summed E-state index contributed by atoms with van der Waals surface area (Å²) in [7, 11) is 1.53. The van der Waals surface area contributed by atoms with E-state index in [2.05, 4.69) is 33.6 Å². The van der Waals surface area contributed by atoms with E-state index in [0.29, 0.717) is 23.7 Å². The topological polar surface area (TPSA) is 99.4 Å². The smallest absolute Gasteiger partial charge is 0.253 e. The number of aliphatic imine (C=N–C) groups is 1. The molecule has 1 aromatic rings. The minimum absolute atomic E-state index is 0.101. The fraction of sp³-hybridized carbons (Fsp3) is 0.333. The zero-order valence-corrected chi connectivity index (χ0v) is 17.1. The van der Waals surface area contributed by atoms with Gasteiger partial charge in [-0.2, -0.15) is 10.1 Å². The first-order valence-corrected chi connectivity index (χ1v) is 9.17. The molecule has 2 N–H and O–H groups in total. The summed E-state index contributed by atoms with van der Waals surface area (Å²) in [6, 6.07) is 3.24. The number of nitrogens with zero attached hydrogens (tertiary/aromatic N) is 4. The largest absolute Gasteiger partial charge is 0.494 e. The molecule has 8 nitrogen and oxygen atoms in total. The molecule has 0 unspecified atom stereocenters. The van der Waals surface area contributed by atoms with Crippen molar-refractivity contribution < 1.29 is 14.6 Å². The predicted octanol–water partition coefficient (Wildman–Crippen LogP) is 3.71. The Hall–Kier alpha value is -3.42. The number of hydrazone groups is 1. The van der Waals surface area contributed by atoms with Crippen molar-refractivity contribution in [3.8, 4) is 0 Å². The van der Waals surface area contributed by atoms with Crippen LogP contribution in [0.15, 0.2) is 65.3 Å².